The van der Waals surface area contributed by atoms with E-state index in [1.807, 2.05) is 17.5 Å². The standard InChI is InChI=1S/C17H19FN2O3S.ClH/c1-11(17(22)23)20(2)10-15(21)19-16(14-4-3-9-24-14)12-5-7-13(18)8-6-12;/h3-9,11,16H,10H2,1-2H3,(H,19,21)(H,22,23);1H. The smallest absolute Gasteiger partial charge is 0.320 e. The lowest BCUT2D eigenvalue weighted by atomic mass is 10.1. The van der Waals surface area contributed by atoms with Gasteiger partial charge in [0.1, 0.15) is 11.9 Å². The van der Waals surface area contributed by atoms with Crippen LogP contribution in [-0.4, -0.2) is 41.5 Å². The van der Waals surface area contributed by atoms with Crippen LogP contribution in [0.4, 0.5) is 4.39 Å². The number of carboxylic acids is 1. The van der Waals surface area contributed by atoms with E-state index in [0.717, 1.165) is 10.4 Å². The first kappa shape index (κ1) is 21.1. The van der Waals surface area contributed by atoms with Gasteiger partial charge in [0.2, 0.25) is 5.91 Å². The van der Waals surface area contributed by atoms with Gasteiger partial charge < -0.3 is 10.4 Å². The highest BCUT2D eigenvalue weighted by molar-refractivity contribution is 7.10. The summed E-state index contributed by atoms with van der Waals surface area (Å²) in [6, 6.07) is 8.56. The quantitative estimate of drug-likeness (QED) is 0.767. The zero-order chi connectivity index (χ0) is 17.7. The number of thiophene rings is 1. The van der Waals surface area contributed by atoms with E-state index in [9.17, 15) is 14.0 Å². The Morgan fingerprint density at radius 2 is 1.92 bits per heavy atom. The molecule has 5 nitrogen and oxygen atoms in total. The molecule has 0 aliphatic heterocycles. The summed E-state index contributed by atoms with van der Waals surface area (Å²) in [5.74, 6) is -1.63. The average Bonchev–Trinajstić information content (AvgIpc) is 3.06. The molecular formula is C17H20ClFN2O3S. The van der Waals surface area contributed by atoms with Gasteiger partial charge in [0.15, 0.2) is 0 Å². The Morgan fingerprint density at radius 3 is 2.44 bits per heavy atom. The van der Waals surface area contributed by atoms with E-state index in [4.69, 9.17) is 5.11 Å². The number of carboxylic acid groups (broad SMARTS) is 1. The first-order valence-electron chi connectivity index (χ1n) is 7.39. The van der Waals surface area contributed by atoms with Crippen molar-refractivity contribution in [2.45, 2.75) is 19.0 Å². The topological polar surface area (TPSA) is 69.6 Å². The zero-order valence-electron chi connectivity index (χ0n) is 13.8. The molecule has 2 rings (SSSR count). The predicted octanol–water partition coefficient (Wildman–Crippen LogP) is 2.92. The minimum Gasteiger partial charge on any atom is -0.480 e. The normalized spacial score (nSPS) is 13.0. The van der Waals surface area contributed by atoms with E-state index < -0.39 is 18.1 Å². The molecule has 1 heterocycles. The molecule has 0 radical (unpaired) electrons. The third-order valence-electron chi connectivity index (χ3n) is 3.75. The highest BCUT2D eigenvalue weighted by Crippen LogP contribution is 2.26. The number of benzene rings is 1. The molecule has 2 unspecified atom stereocenters. The summed E-state index contributed by atoms with van der Waals surface area (Å²) in [5, 5.41) is 13.8. The molecular weight excluding hydrogens is 367 g/mol. The van der Waals surface area contributed by atoms with E-state index in [1.54, 1.807) is 19.2 Å². The molecule has 2 atom stereocenters. The van der Waals surface area contributed by atoms with Gasteiger partial charge in [-0.25, -0.2) is 4.39 Å². The van der Waals surface area contributed by atoms with Gasteiger partial charge in [-0.1, -0.05) is 18.2 Å². The van der Waals surface area contributed by atoms with Crippen LogP contribution in [0.5, 0.6) is 0 Å². The summed E-state index contributed by atoms with van der Waals surface area (Å²) >= 11 is 1.49. The Morgan fingerprint density at radius 1 is 1.28 bits per heavy atom. The molecule has 0 saturated carbocycles. The minimum absolute atomic E-state index is 0. The lowest BCUT2D eigenvalue weighted by Gasteiger charge is -2.23. The van der Waals surface area contributed by atoms with Crippen LogP contribution >= 0.6 is 23.7 Å². The summed E-state index contributed by atoms with van der Waals surface area (Å²) in [5.41, 5.74) is 0.765. The average molecular weight is 387 g/mol. The van der Waals surface area contributed by atoms with Gasteiger partial charge in [0.05, 0.1) is 12.6 Å². The van der Waals surface area contributed by atoms with E-state index in [2.05, 4.69) is 5.32 Å². The van der Waals surface area contributed by atoms with Crippen LogP contribution in [0.25, 0.3) is 0 Å². The second-order valence-electron chi connectivity index (χ2n) is 5.50. The molecule has 1 amide bonds. The van der Waals surface area contributed by atoms with Crippen molar-refractivity contribution in [1.82, 2.24) is 10.2 Å². The van der Waals surface area contributed by atoms with Crippen molar-refractivity contribution < 1.29 is 19.1 Å². The van der Waals surface area contributed by atoms with Gasteiger partial charge in [-0.3, -0.25) is 14.5 Å². The molecule has 0 aliphatic carbocycles. The van der Waals surface area contributed by atoms with Gasteiger partial charge in [0, 0.05) is 4.88 Å². The van der Waals surface area contributed by atoms with E-state index in [0.29, 0.717) is 0 Å². The molecule has 0 bridgehead atoms. The van der Waals surface area contributed by atoms with Gasteiger partial charge in [-0.2, -0.15) is 0 Å². The van der Waals surface area contributed by atoms with E-state index >= 15 is 0 Å². The number of hydrogen-bond donors (Lipinski definition) is 2. The number of aliphatic carboxylic acids is 1. The van der Waals surface area contributed by atoms with Crippen LogP contribution in [0, 0.1) is 5.82 Å². The van der Waals surface area contributed by atoms with Gasteiger partial charge in [-0.15, -0.1) is 23.7 Å². The number of rotatable bonds is 7. The minimum atomic E-state index is -0.987. The Balaban J connectivity index is 0.00000312. The monoisotopic (exact) mass is 386 g/mol. The molecule has 2 N–H and O–H groups in total. The number of nitrogens with one attached hydrogen (secondary N) is 1. The maximum Gasteiger partial charge on any atom is 0.320 e. The number of hydrogen-bond acceptors (Lipinski definition) is 4. The number of halogens is 2. The largest absolute Gasteiger partial charge is 0.480 e. The summed E-state index contributed by atoms with van der Waals surface area (Å²) in [6.07, 6.45) is 0. The van der Waals surface area contributed by atoms with Crippen molar-refractivity contribution >= 4 is 35.6 Å². The van der Waals surface area contributed by atoms with Crippen LogP contribution in [0.1, 0.15) is 23.4 Å². The number of amides is 1. The number of nitrogens with zero attached hydrogens (tertiary/aromatic N) is 1. The fourth-order valence-corrected chi connectivity index (χ4v) is 2.99. The molecule has 25 heavy (non-hydrogen) atoms. The van der Waals surface area contributed by atoms with Crippen molar-refractivity contribution in [3.05, 3.63) is 58.0 Å². The summed E-state index contributed by atoms with van der Waals surface area (Å²) < 4.78 is 13.1. The van der Waals surface area contributed by atoms with Crippen LogP contribution in [0.15, 0.2) is 41.8 Å². The fraction of sp³-hybridized carbons (Fsp3) is 0.294. The zero-order valence-corrected chi connectivity index (χ0v) is 15.4. The van der Waals surface area contributed by atoms with Crippen LogP contribution < -0.4 is 5.32 Å². The molecule has 0 saturated heterocycles. The summed E-state index contributed by atoms with van der Waals surface area (Å²) in [4.78, 5) is 25.7. The maximum absolute atomic E-state index is 13.1. The Hall–Kier alpha value is -1.96. The number of carbonyl (C=O) groups excluding carboxylic acids is 1. The van der Waals surface area contributed by atoms with Gasteiger partial charge in [-0.05, 0) is 43.1 Å². The molecule has 2 aromatic rings. The van der Waals surface area contributed by atoms with E-state index in [1.165, 1.54) is 35.3 Å². The van der Waals surface area contributed by atoms with Crippen molar-refractivity contribution in [3.8, 4) is 0 Å². The highest BCUT2D eigenvalue weighted by Gasteiger charge is 2.22. The van der Waals surface area contributed by atoms with Crippen LogP contribution in [0.3, 0.4) is 0 Å². The Bertz CT molecular complexity index is 694. The molecule has 8 heteroatoms. The number of likely N-dealkylation sites (N-methyl/N-ethyl adjacent to an activating group) is 1. The van der Waals surface area contributed by atoms with Crippen molar-refractivity contribution in [2.24, 2.45) is 0 Å². The molecule has 136 valence electrons. The van der Waals surface area contributed by atoms with Crippen molar-refractivity contribution in [3.63, 3.8) is 0 Å². The first-order chi connectivity index (χ1) is 11.4. The second kappa shape index (κ2) is 9.50. The third kappa shape index (κ3) is 5.81. The highest BCUT2D eigenvalue weighted by atomic mass is 35.5. The second-order valence-corrected chi connectivity index (χ2v) is 6.48. The predicted molar refractivity (Wildman–Crippen MR) is 97.7 cm³/mol. The molecule has 0 fully saturated rings. The summed E-state index contributed by atoms with van der Waals surface area (Å²) in [6.45, 7) is 1.48. The first-order valence-corrected chi connectivity index (χ1v) is 8.27. The lowest BCUT2D eigenvalue weighted by Crippen LogP contribution is -2.43. The van der Waals surface area contributed by atoms with Crippen LogP contribution in [-0.2, 0) is 9.59 Å². The van der Waals surface area contributed by atoms with Crippen molar-refractivity contribution in [2.75, 3.05) is 13.6 Å². The Kier molecular flexibility index (Phi) is 8.02. The molecule has 0 aliphatic rings. The van der Waals surface area contributed by atoms with Gasteiger partial charge >= 0.3 is 5.97 Å². The molecule has 1 aromatic carbocycles. The van der Waals surface area contributed by atoms with Gasteiger partial charge in [0.25, 0.3) is 0 Å². The molecule has 0 spiro atoms. The number of carbonyl (C=O) groups is 2. The lowest BCUT2D eigenvalue weighted by molar-refractivity contribution is -0.142. The van der Waals surface area contributed by atoms with E-state index in [-0.39, 0.29) is 30.7 Å². The third-order valence-corrected chi connectivity index (χ3v) is 4.69. The molecule has 1 aromatic heterocycles. The SMILES string of the molecule is CC(C(=O)O)N(C)CC(=O)NC(c1ccc(F)cc1)c1cccs1.Cl. The fourth-order valence-electron chi connectivity index (χ4n) is 2.19. The van der Waals surface area contributed by atoms with Crippen LogP contribution in [0.2, 0.25) is 0 Å². The maximum atomic E-state index is 13.1. The summed E-state index contributed by atoms with van der Waals surface area (Å²) in [7, 11) is 1.58. The van der Waals surface area contributed by atoms with Crippen molar-refractivity contribution in [1.29, 1.82) is 0 Å². The Labute approximate surface area is 155 Å².